The van der Waals surface area contributed by atoms with E-state index in [0.717, 1.165) is 15.0 Å². The fourth-order valence-electron chi connectivity index (χ4n) is 3.46. The molecule has 0 aliphatic heterocycles. The molecule has 32 heavy (non-hydrogen) atoms. The molecular formula is C23H20ClN3O4S. The van der Waals surface area contributed by atoms with E-state index < -0.39 is 17.2 Å². The summed E-state index contributed by atoms with van der Waals surface area (Å²) < 4.78 is 7.60. The number of aromatic nitrogens is 2. The third-order valence-electron chi connectivity index (χ3n) is 5.19. The highest BCUT2D eigenvalue weighted by molar-refractivity contribution is 7.18. The largest absolute Gasteiger partial charge is 0.497 e. The van der Waals surface area contributed by atoms with Crippen LogP contribution in [0.15, 0.2) is 58.1 Å². The van der Waals surface area contributed by atoms with Gasteiger partial charge in [-0.3, -0.25) is 14.2 Å². The van der Waals surface area contributed by atoms with Crippen LogP contribution in [-0.2, 0) is 11.3 Å². The minimum atomic E-state index is -0.591. The number of aryl methyl sites for hydroxylation is 2. The molecule has 0 radical (unpaired) electrons. The first-order valence-corrected chi connectivity index (χ1v) is 10.9. The third kappa shape index (κ3) is 3.94. The first kappa shape index (κ1) is 21.9. The summed E-state index contributed by atoms with van der Waals surface area (Å²) in [5.41, 5.74) is 0.713. The molecule has 0 spiro atoms. The molecule has 2 aromatic carbocycles. The maximum absolute atomic E-state index is 13.4. The number of methoxy groups -OCH3 is 1. The van der Waals surface area contributed by atoms with Gasteiger partial charge in [-0.15, -0.1) is 11.3 Å². The fourth-order valence-corrected chi connectivity index (χ4v) is 4.73. The second kappa shape index (κ2) is 8.64. The van der Waals surface area contributed by atoms with Gasteiger partial charge in [0.05, 0.1) is 18.2 Å². The number of rotatable bonds is 5. The van der Waals surface area contributed by atoms with Gasteiger partial charge in [-0.05, 0) is 55.8 Å². The van der Waals surface area contributed by atoms with Crippen molar-refractivity contribution in [3.05, 3.63) is 84.8 Å². The number of ether oxygens (including phenoxy) is 1. The van der Waals surface area contributed by atoms with Crippen LogP contribution in [0.25, 0.3) is 15.9 Å². The van der Waals surface area contributed by atoms with Crippen LogP contribution < -0.4 is 21.3 Å². The average molecular weight is 470 g/mol. The van der Waals surface area contributed by atoms with E-state index in [-0.39, 0.29) is 6.54 Å². The first-order valence-electron chi connectivity index (χ1n) is 9.75. The Morgan fingerprint density at radius 1 is 1.12 bits per heavy atom. The normalized spacial score (nSPS) is 11.0. The van der Waals surface area contributed by atoms with Gasteiger partial charge in [-0.1, -0.05) is 17.7 Å². The molecule has 7 nitrogen and oxygen atoms in total. The number of fused-ring (bicyclic) bond motifs is 1. The molecule has 0 saturated heterocycles. The van der Waals surface area contributed by atoms with Crippen LogP contribution in [0, 0.1) is 13.8 Å². The van der Waals surface area contributed by atoms with E-state index in [0.29, 0.717) is 32.4 Å². The second-order valence-corrected chi connectivity index (χ2v) is 8.87. The Morgan fingerprint density at radius 2 is 1.84 bits per heavy atom. The van der Waals surface area contributed by atoms with Crippen molar-refractivity contribution < 1.29 is 9.53 Å². The summed E-state index contributed by atoms with van der Waals surface area (Å²) in [6, 6.07) is 13.4. The molecule has 0 bridgehead atoms. The summed E-state index contributed by atoms with van der Waals surface area (Å²) >= 11 is 7.29. The summed E-state index contributed by atoms with van der Waals surface area (Å²) in [6.45, 7) is 3.48. The van der Waals surface area contributed by atoms with Crippen LogP contribution in [0.3, 0.4) is 0 Å². The SMILES string of the molecule is COc1cccc(NC(=O)Cn2c(=O)n(-c3ccc(Cl)cc3)c(=O)c3c(C)c(C)sc32)c1. The Hall–Kier alpha value is -3.36. The number of amides is 1. The second-order valence-electron chi connectivity index (χ2n) is 7.23. The number of hydrogen-bond donors (Lipinski definition) is 1. The molecule has 4 aromatic rings. The summed E-state index contributed by atoms with van der Waals surface area (Å²) in [5, 5.41) is 3.70. The number of carbonyl (C=O) groups is 1. The zero-order chi connectivity index (χ0) is 23.0. The van der Waals surface area contributed by atoms with Crippen LogP contribution in [0.2, 0.25) is 5.02 Å². The van der Waals surface area contributed by atoms with Crippen molar-refractivity contribution in [1.82, 2.24) is 9.13 Å². The number of anilines is 1. The molecule has 0 unspecified atom stereocenters. The maximum atomic E-state index is 13.4. The van der Waals surface area contributed by atoms with Gasteiger partial charge in [0.15, 0.2) is 0 Å². The number of benzene rings is 2. The van der Waals surface area contributed by atoms with E-state index in [1.54, 1.807) is 55.6 Å². The van der Waals surface area contributed by atoms with Crippen molar-refractivity contribution in [1.29, 1.82) is 0 Å². The minimum absolute atomic E-state index is 0.250. The molecule has 4 rings (SSSR count). The van der Waals surface area contributed by atoms with E-state index in [1.165, 1.54) is 15.9 Å². The Bertz CT molecular complexity index is 1450. The van der Waals surface area contributed by atoms with Crippen molar-refractivity contribution in [3.8, 4) is 11.4 Å². The van der Waals surface area contributed by atoms with Gasteiger partial charge in [0.25, 0.3) is 5.56 Å². The molecule has 0 aliphatic carbocycles. The molecule has 1 N–H and O–H groups in total. The van der Waals surface area contributed by atoms with Gasteiger partial charge in [0.1, 0.15) is 17.1 Å². The predicted octanol–water partition coefficient (Wildman–Crippen LogP) is 4.13. The Balaban J connectivity index is 1.84. The molecule has 0 fully saturated rings. The maximum Gasteiger partial charge on any atom is 0.337 e. The lowest BCUT2D eigenvalue weighted by Crippen LogP contribution is -2.40. The lowest BCUT2D eigenvalue weighted by atomic mass is 10.2. The molecule has 2 aromatic heterocycles. The number of halogens is 1. The monoisotopic (exact) mass is 469 g/mol. The molecule has 164 valence electrons. The van der Waals surface area contributed by atoms with Gasteiger partial charge < -0.3 is 10.1 Å². The zero-order valence-corrected chi connectivity index (χ0v) is 19.2. The zero-order valence-electron chi connectivity index (χ0n) is 17.6. The average Bonchev–Trinajstić information content (AvgIpc) is 3.07. The highest BCUT2D eigenvalue weighted by Crippen LogP contribution is 2.27. The highest BCUT2D eigenvalue weighted by Gasteiger charge is 2.21. The van der Waals surface area contributed by atoms with Gasteiger partial charge in [0.2, 0.25) is 5.91 Å². The predicted molar refractivity (Wildman–Crippen MR) is 128 cm³/mol. The van der Waals surface area contributed by atoms with Gasteiger partial charge in [-0.2, -0.15) is 0 Å². The van der Waals surface area contributed by atoms with E-state index in [9.17, 15) is 14.4 Å². The van der Waals surface area contributed by atoms with E-state index in [4.69, 9.17) is 16.3 Å². The standard InChI is InChI=1S/C23H20ClN3O4S/c1-13-14(2)32-22-20(13)21(29)27(17-9-7-15(24)8-10-17)23(30)26(22)12-19(28)25-16-5-4-6-18(11-16)31-3/h4-11H,12H2,1-3H3,(H,25,28). The lowest BCUT2D eigenvalue weighted by Gasteiger charge is -2.13. The quantitative estimate of drug-likeness (QED) is 0.476. The molecule has 0 atom stereocenters. The molecular weight excluding hydrogens is 450 g/mol. The van der Waals surface area contributed by atoms with E-state index in [2.05, 4.69) is 5.32 Å². The number of thiophene rings is 1. The fraction of sp³-hybridized carbons (Fsp3) is 0.174. The van der Waals surface area contributed by atoms with Crippen molar-refractivity contribution in [3.63, 3.8) is 0 Å². The van der Waals surface area contributed by atoms with E-state index in [1.807, 2.05) is 13.8 Å². The number of nitrogens with zero attached hydrogens (tertiary/aromatic N) is 2. The highest BCUT2D eigenvalue weighted by atomic mass is 35.5. The van der Waals surface area contributed by atoms with Gasteiger partial charge >= 0.3 is 5.69 Å². The number of nitrogens with one attached hydrogen (secondary N) is 1. The van der Waals surface area contributed by atoms with Gasteiger partial charge in [-0.25, -0.2) is 9.36 Å². The summed E-state index contributed by atoms with van der Waals surface area (Å²) in [6.07, 6.45) is 0. The van der Waals surface area contributed by atoms with Crippen molar-refractivity contribution in [2.75, 3.05) is 12.4 Å². The lowest BCUT2D eigenvalue weighted by molar-refractivity contribution is -0.116. The van der Waals surface area contributed by atoms with Crippen molar-refractivity contribution in [2.45, 2.75) is 20.4 Å². The molecule has 0 aliphatic rings. The molecule has 1 amide bonds. The van der Waals surface area contributed by atoms with Crippen LogP contribution in [0.1, 0.15) is 10.4 Å². The van der Waals surface area contributed by atoms with Crippen LogP contribution in [0.5, 0.6) is 5.75 Å². The van der Waals surface area contributed by atoms with Crippen LogP contribution in [0.4, 0.5) is 5.69 Å². The Kier molecular flexibility index (Phi) is 5.90. The topological polar surface area (TPSA) is 82.3 Å². The van der Waals surface area contributed by atoms with Crippen molar-refractivity contribution >= 4 is 44.7 Å². The Morgan fingerprint density at radius 3 is 2.53 bits per heavy atom. The number of hydrogen-bond acceptors (Lipinski definition) is 5. The van der Waals surface area contributed by atoms with Crippen LogP contribution in [-0.4, -0.2) is 22.2 Å². The summed E-state index contributed by atoms with van der Waals surface area (Å²) in [7, 11) is 1.54. The molecule has 9 heteroatoms. The third-order valence-corrected chi connectivity index (χ3v) is 6.67. The van der Waals surface area contributed by atoms with E-state index >= 15 is 0 Å². The van der Waals surface area contributed by atoms with Crippen molar-refractivity contribution in [2.24, 2.45) is 0 Å². The molecule has 2 heterocycles. The Labute approximate surface area is 192 Å². The van der Waals surface area contributed by atoms with Crippen LogP contribution >= 0.6 is 22.9 Å². The summed E-state index contributed by atoms with van der Waals surface area (Å²) in [5.74, 6) is 0.204. The number of carbonyl (C=O) groups excluding carboxylic acids is 1. The minimum Gasteiger partial charge on any atom is -0.497 e. The van der Waals surface area contributed by atoms with Gasteiger partial charge in [0, 0.05) is 21.7 Å². The molecule has 0 saturated carbocycles. The first-order chi connectivity index (χ1) is 15.3. The summed E-state index contributed by atoms with van der Waals surface area (Å²) in [4.78, 5) is 40.9. The smallest absolute Gasteiger partial charge is 0.337 e.